The Balaban J connectivity index is 2.16. The van der Waals surface area contributed by atoms with Gasteiger partial charge in [0.25, 0.3) is 5.91 Å². The lowest BCUT2D eigenvalue weighted by molar-refractivity contribution is 0.0916. The van der Waals surface area contributed by atoms with Crippen molar-refractivity contribution in [3.05, 3.63) is 35.0 Å². The van der Waals surface area contributed by atoms with Crippen LogP contribution in [0.1, 0.15) is 50.5 Å². The molecule has 0 bridgehead atoms. The molecule has 0 aliphatic heterocycles. The van der Waals surface area contributed by atoms with Crippen molar-refractivity contribution in [2.45, 2.75) is 46.1 Å². The molecule has 114 valence electrons. The SMILES string of the molecule is CCCC(NC(=O)c1cc2cc(Cl)ccc2[nH]1)C(C)CC. The number of halogens is 1. The number of carbonyl (C=O) groups is 1. The maximum atomic E-state index is 12.4. The summed E-state index contributed by atoms with van der Waals surface area (Å²) in [6, 6.07) is 7.66. The van der Waals surface area contributed by atoms with Crippen LogP contribution in [0.15, 0.2) is 24.3 Å². The molecule has 2 aromatic rings. The summed E-state index contributed by atoms with van der Waals surface area (Å²) in [6.45, 7) is 6.49. The summed E-state index contributed by atoms with van der Waals surface area (Å²) in [6.07, 6.45) is 3.14. The Morgan fingerprint density at radius 2 is 2.10 bits per heavy atom. The van der Waals surface area contributed by atoms with Crippen molar-refractivity contribution in [2.75, 3.05) is 0 Å². The van der Waals surface area contributed by atoms with E-state index in [9.17, 15) is 4.79 Å². The second-order valence-corrected chi connectivity index (χ2v) is 6.11. The third-order valence-corrected chi connectivity index (χ3v) is 4.31. The number of aromatic nitrogens is 1. The van der Waals surface area contributed by atoms with Crippen molar-refractivity contribution in [3.8, 4) is 0 Å². The van der Waals surface area contributed by atoms with E-state index in [4.69, 9.17) is 11.6 Å². The highest BCUT2D eigenvalue weighted by molar-refractivity contribution is 6.31. The maximum Gasteiger partial charge on any atom is 0.267 e. The second kappa shape index (κ2) is 6.99. The van der Waals surface area contributed by atoms with Gasteiger partial charge in [0, 0.05) is 22.0 Å². The van der Waals surface area contributed by atoms with Crippen LogP contribution in [-0.4, -0.2) is 16.9 Å². The molecule has 2 rings (SSSR count). The minimum atomic E-state index is -0.0407. The van der Waals surface area contributed by atoms with Crippen molar-refractivity contribution < 1.29 is 4.79 Å². The molecule has 0 fully saturated rings. The van der Waals surface area contributed by atoms with Gasteiger partial charge < -0.3 is 10.3 Å². The number of fused-ring (bicyclic) bond motifs is 1. The van der Waals surface area contributed by atoms with Gasteiger partial charge >= 0.3 is 0 Å². The Labute approximate surface area is 131 Å². The molecule has 0 saturated heterocycles. The Bertz CT molecular complexity index is 620. The smallest absolute Gasteiger partial charge is 0.267 e. The molecule has 0 saturated carbocycles. The van der Waals surface area contributed by atoms with Gasteiger partial charge in [-0.2, -0.15) is 0 Å². The molecule has 1 heterocycles. The van der Waals surface area contributed by atoms with Crippen LogP contribution in [0, 0.1) is 5.92 Å². The standard InChI is InChI=1S/C17H23ClN2O/c1-4-6-14(11(3)5-2)20-17(21)16-10-12-9-13(18)7-8-15(12)19-16/h7-11,14,19H,4-6H2,1-3H3,(H,20,21). The Morgan fingerprint density at radius 1 is 1.33 bits per heavy atom. The molecule has 0 aliphatic carbocycles. The van der Waals surface area contributed by atoms with Crippen LogP contribution < -0.4 is 5.32 Å². The molecule has 21 heavy (non-hydrogen) atoms. The van der Waals surface area contributed by atoms with Crippen LogP contribution in [0.5, 0.6) is 0 Å². The van der Waals surface area contributed by atoms with Crippen molar-refractivity contribution in [1.82, 2.24) is 10.3 Å². The fourth-order valence-electron chi connectivity index (χ4n) is 2.57. The number of amides is 1. The van der Waals surface area contributed by atoms with Gasteiger partial charge in [0.2, 0.25) is 0 Å². The van der Waals surface area contributed by atoms with Gasteiger partial charge in [-0.05, 0) is 36.6 Å². The highest BCUT2D eigenvalue weighted by Crippen LogP contribution is 2.20. The average molecular weight is 307 g/mol. The monoisotopic (exact) mass is 306 g/mol. The van der Waals surface area contributed by atoms with E-state index in [0.717, 1.165) is 30.2 Å². The zero-order valence-electron chi connectivity index (χ0n) is 12.9. The average Bonchev–Trinajstić information content (AvgIpc) is 2.89. The molecule has 0 radical (unpaired) electrons. The lowest BCUT2D eigenvalue weighted by Crippen LogP contribution is -2.39. The highest BCUT2D eigenvalue weighted by atomic mass is 35.5. The van der Waals surface area contributed by atoms with Gasteiger partial charge in [0.15, 0.2) is 0 Å². The minimum Gasteiger partial charge on any atom is -0.351 e. The van der Waals surface area contributed by atoms with Crippen LogP contribution >= 0.6 is 11.6 Å². The number of aromatic amines is 1. The molecule has 1 aromatic heterocycles. The van der Waals surface area contributed by atoms with E-state index in [1.165, 1.54) is 0 Å². The first-order valence-electron chi connectivity index (χ1n) is 7.64. The minimum absolute atomic E-state index is 0.0407. The Hall–Kier alpha value is -1.48. The predicted molar refractivity (Wildman–Crippen MR) is 88.9 cm³/mol. The van der Waals surface area contributed by atoms with E-state index in [0.29, 0.717) is 16.6 Å². The third kappa shape index (κ3) is 3.79. The number of carbonyl (C=O) groups excluding carboxylic acids is 1. The molecule has 0 spiro atoms. The number of H-pyrrole nitrogens is 1. The topological polar surface area (TPSA) is 44.9 Å². The van der Waals surface area contributed by atoms with Gasteiger partial charge in [0.05, 0.1) is 0 Å². The van der Waals surface area contributed by atoms with Crippen LogP contribution in [0.4, 0.5) is 0 Å². The van der Waals surface area contributed by atoms with Crippen LogP contribution in [0.3, 0.4) is 0 Å². The quantitative estimate of drug-likeness (QED) is 0.793. The number of nitrogens with one attached hydrogen (secondary N) is 2. The van der Waals surface area contributed by atoms with Gasteiger partial charge in [-0.1, -0.05) is 45.2 Å². The molecule has 2 unspecified atom stereocenters. The maximum absolute atomic E-state index is 12.4. The van der Waals surface area contributed by atoms with E-state index in [1.54, 1.807) is 0 Å². The van der Waals surface area contributed by atoms with Gasteiger partial charge in [0.1, 0.15) is 5.69 Å². The number of benzene rings is 1. The van der Waals surface area contributed by atoms with Crippen molar-refractivity contribution in [1.29, 1.82) is 0 Å². The summed E-state index contributed by atoms with van der Waals surface area (Å²) in [4.78, 5) is 15.6. The third-order valence-electron chi connectivity index (χ3n) is 4.07. The zero-order chi connectivity index (χ0) is 15.4. The summed E-state index contributed by atoms with van der Waals surface area (Å²) in [5.41, 5.74) is 1.52. The summed E-state index contributed by atoms with van der Waals surface area (Å²) < 4.78 is 0. The molecule has 2 atom stereocenters. The number of hydrogen-bond acceptors (Lipinski definition) is 1. The lowest BCUT2D eigenvalue weighted by atomic mass is 9.95. The Kier molecular flexibility index (Phi) is 5.29. The van der Waals surface area contributed by atoms with Gasteiger partial charge in [-0.25, -0.2) is 0 Å². The molecule has 1 amide bonds. The lowest BCUT2D eigenvalue weighted by Gasteiger charge is -2.23. The first kappa shape index (κ1) is 15.9. The molecule has 2 N–H and O–H groups in total. The molecular weight excluding hydrogens is 284 g/mol. The summed E-state index contributed by atoms with van der Waals surface area (Å²) >= 11 is 5.98. The fourth-order valence-corrected chi connectivity index (χ4v) is 2.75. The normalized spacial score (nSPS) is 14.1. The summed E-state index contributed by atoms with van der Waals surface area (Å²) in [7, 11) is 0. The molecule has 4 heteroatoms. The van der Waals surface area contributed by atoms with Crippen molar-refractivity contribution in [3.63, 3.8) is 0 Å². The van der Waals surface area contributed by atoms with E-state index in [-0.39, 0.29) is 11.9 Å². The molecule has 0 aliphatic rings. The van der Waals surface area contributed by atoms with Crippen molar-refractivity contribution in [2.24, 2.45) is 5.92 Å². The van der Waals surface area contributed by atoms with Crippen LogP contribution in [0.2, 0.25) is 5.02 Å². The van der Waals surface area contributed by atoms with Crippen LogP contribution in [0.25, 0.3) is 10.9 Å². The van der Waals surface area contributed by atoms with Crippen molar-refractivity contribution >= 4 is 28.4 Å². The predicted octanol–water partition coefficient (Wildman–Crippen LogP) is 4.77. The number of hydrogen-bond donors (Lipinski definition) is 2. The Morgan fingerprint density at radius 3 is 2.76 bits per heavy atom. The molecule has 3 nitrogen and oxygen atoms in total. The second-order valence-electron chi connectivity index (χ2n) is 5.67. The summed E-state index contributed by atoms with van der Waals surface area (Å²) in [5, 5.41) is 4.80. The molecular formula is C17H23ClN2O. The summed E-state index contributed by atoms with van der Waals surface area (Å²) in [5.74, 6) is 0.439. The van der Waals surface area contributed by atoms with E-state index >= 15 is 0 Å². The first-order valence-corrected chi connectivity index (χ1v) is 8.02. The van der Waals surface area contributed by atoms with E-state index < -0.39 is 0 Å². The molecule has 1 aromatic carbocycles. The number of rotatable bonds is 6. The first-order chi connectivity index (χ1) is 10.0. The van der Waals surface area contributed by atoms with E-state index in [2.05, 4.69) is 31.1 Å². The van der Waals surface area contributed by atoms with E-state index in [1.807, 2.05) is 24.3 Å². The fraction of sp³-hybridized carbons (Fsp3) is 0.471. The van der Waals surface area contributed by atoms with Gasteiger partial charge in [-0.3, -0.25) is 4.79 Å². The van der Waals surface area contributed by atoms with Gasteiger partial charge in [-0.15, -0.1) is 0 Å². The largest absolute Gasteiger partial charge is 0.351 e. The highest BCUT2D eigenvalue weighted by Gasteiger charge is 2.19. The van der Waals surface area contributed by atoms with Crippen LogP contribution in [-0.2, 0) is 0 Å². The zero-order valence-corrected chi connectivity index (χ0v) is 13.6.